The number of ketones is 2. The van der Waals surface area contributed by atoms with Crippen LogP contribution in [0.4, 0.5) is 0 Å². The lowest BCUT2D eigenvalue weighted by molar-refractivity contribution is -0.179. The Morgan fingerprint density at radius 1 is 1.21 bits per heavy atom. The third kappa shape index (κ3) is 2.54. The minimum absolute atomic E-state index is 0.113. The van der Waals surface area contributed by atoms with Crippen molar-refractivity contribution in [2.75, 3.05) is 0 Å². The zero-order valence-electron chi connectivity index (χ0n) is 17.6. The van der Waals surface area contributed by atoms with Crippen LogP contribution in [0.2, 0.25) is 0 Å². The maximum Gasteiger partial charge on any atom is 0.303 e. The summed E-state index contributed by atoms with van der Waals surface area (Å²) in [6.07, 6.45) is 7.48. The van der Waals surface area contributed by atoms with Crippen LogP contribution in [-0.2, 0) is 19.1 Å². The number of carbonyl (C=O) groups is 3. The molecule has 4 aliphatic rings. The summed E-state index contributed by atoms with van der Waals surface area (Å²) in [6.45, 7) is 11.4. The number of Topliss-reactive ketones (excluding diaryl/α,β-unsaturated/α-hetero) is 1. The Morgan fingerprint density at radius 2 is 1.90 bits per heavy atom. The molecule has 0 saturated heterocycles. The molecule has 4 nitrogen and oxygen atoms in total. The maximum atomic E-state index is 12.9. The third-order valence-electron chi connectivity index (χ3n) is 8.51. The minimum atomic E-state index is -1.27. The number of carbonyl (C=O) groups excluding carboxylic acids is 3. The van der Waals surface area contributed by atoms with Crippen LogP contribution in [0, 0.1) is 28.6 Å². The lowest BCUT2D eigenvalue weighted by Crippen LogP contribution is -2.58. The van der Waals surface area contributed by atoms with Gasteiger partial charge in [0.15, 0.2) is 17.2 Å². The molecule has 0 spiro atoms. The highest BCUT2D eigenvalue weighted by molar-refractivity contribution is 6.32. The van der Waals surface area contributed by atoms with E-state index in [0.29, 0.717) is 29.4 Å². The monoisotopic (exact) mass is 416 g/mol. The predicted molar refractivity (Wildman–Crippen MR) is 111 cm³/mol. The van der Waals surface area contributed by atoms with Crippen LogP contribution >= 0.6 is 11.6 Å². The quantitative estimate of drug-likeness (QED) is 0.473. The second kappa shape index (κ2) is 6.41. The number of hydrogen-bond donors (Lipinski definition) is 0. The van der Waals surface area contributed by atoms with Gasteiger partial charge >= 0.3 is 5.97 Å². The molecular weight excluding hydrogens is 388 g/mol. The van der Waals surface area contributed by atoms with Crippen molar-refractivity contribution < 1.29 is 19.1 Å². The van der Waals surface area contributed by atoms with E-state index < -0.39 is 17.0 Å². The summed E-state index contributed by atoms with van der Waals surface area (Å²) in [4.78, 5) is 36.9. The van der Waals surface area contributed by atoms with Crippen LogP contribution in [0.15, 0.2) is 34.9 Å². The zero-order valence-corrected chi connectivity index (χ0v) is 18.4. The van der Waals surface area contributed by atoms with Gasteiger partial charge in [0.25, 0.3) is 0 Å². The van der Waals surface area contributed by atoms with E-state index in [1.54, 1.807) is 6.08 Å². The van der Waals surface area contributed by atoms with E-state index in [1.165, 1.54) is 13.8 Å². The van der Waals surface area contributed by atoms with Crippen LogP contribution in [-0.4, -0.2) is 23.1 Å². The Morgan fingerprint density at radius 3 is 2.52 bits per heavy atom. The first-order valence-electron chi connectivity index (χ1n) is 10.5. The number of esters is 1. The number of halogens is 1. The molecule has 0 heterocycles. The topological polar surface area (TPSA) is 60.4 Å². The van der Waals surface area contributed by atoms with E-state index >= 15 is 0 Å². The van der Waals surface area contributed by atoms with Crippen molar-refractivity contribution in [1.82, 2.24) is 0 Å². The van der Waals surface area contributed by atoms with Crippen LogP contribution < -0.4 is 0 Å². The molecule has 0 aromatic heterocycles. The normalized spacial score (nSPS) is 43.6. The average Bonchev–Trinajstić information content (AvgIpc) is 2.85. The molecule has 0 unspecified atom stereocenters. The zero-order chi connectivity index (χ0) is 21.4. The summed E-state index contributed by atoms with van der Waals surface area (Å²) in [5.74, 6) is 0.151. The largest absolute Gasteiger partial charge is 0.446 e. The fourth-order valence-corrected chi connectivity index (χ4v) is 7.57. The molecule has 6 atom stereocenters. The molecule has 0 bridgehead atoms. The van der Waals surface area contributed by atoms with Gasteiger partial charge in [-0.05, 0) is 73.0 Å². The van der Waals surface area contributed by atoms with Gasteiger partial charge in [-0.2, -0.15) is 0 Å². The lowest BCUT2D eigenvalue weighted by atomic mass is 9.48. The van der Waals surface area contributed by atoms with Gasteiger partial charge in [-0.3, -0.25) is 14.4 Å². The number of ether oxygens (including phenoxy) is 1. The fourth-order valence-electron chi connectivity index (χ4n) is 7.15. The van der Waals surface area contributed by atoms with Crippen LogP contribution in [0.3, 0.4) is 0 Å². The van der Waals surface area contributed by atoms with Gasteiger partial charge in [-0.15, -0.1) is 0 Å². The van der Waals surface area contributed by atoms with Crippen LogP contribution in [0.5, 0.6) is 0 Å². The maximum absolute atomic E-state index is 12.9. The van der Waals surface area contributed by atoms with Crippen molar-refractivity contribution in [2.45, 2.75) is 65.4 Å². The molecule has 5 heteroatoms. The van der Waals surface area contributed by atoms with Gasteiger partial charge in [-0.1, -0.05) is 38.1 Å². The first-order valence-corrected chi connectivity index (χ1v) is 10.9. The number of fused-ring (bicyclic) bond motifs is 5. The summed E-state index contributed by atoms with van der Waals surface area (Å²) in [5.41, 5.74) is -0.263. The van der Waals surface area contributed by atoms with Gasteiger partial charge in [0, 0.05) is 23.8 Å². The SMILES string of the molecule is C=C1C[C@@H]2[C@H]3C=C(Cl)C4=CC(=O)CC[C@@]4(C)[C@@H]3CC[C@@]2(C)[C@]1(OC(C)=O)C(C)=O. The van der Waals surface area contributed by atoms with Crippen molar-refractivity contribution in [1.29, 1.82) is 0 Å². The molecule has 156 valence electrons. The summed E-state index contributed by atoms with van der Waals surface area (Å²) in [5, 5.41) is 0.657. The minimum Gasteiger partial charge on any atom is -0.446 e. The highest BCUT2D eigenvalue weighted by Crippen LogP contribution is 2.69. The molecule has 0 amide bonds. The molecule has 2 fully saturated rings. The van der Waals surface area contributed by atoms with E-state index in [1.807, 2.05) is 0 Å². The number of allylic oxidation sites excluding steroid dienone is 4. The van der Waals surface area contributed by atoms with Crippen molar-refractivity contribution >= 4 is 29.1 Å². The molecule has 0 aromatic rings. The van der Waals surface area contributed by atoms with Crippen molar-refractivity contribution in [3.8, 4) is 0 Å². The molecule has 0 aliphatic heterocycles. The van der Waals surface area contributed by atoms with Gasteiger partial charge in [0.1, 0.15) is 0 Å². The Bertz CT molecular complexity index is 899. The Balaban J connectivity index is 1.84. The van der Waals surface area contributed by atoms with Gasteiger partial charge in [0.2, 0.25) is 0 Å². The van der Waals surface area contributed by atoms with Crippen LogP contribution in [0.25, 0.3) is 0 Å². The molecule has 0 radical (unpaired) electrons. The third-order valence-corrected chi connectivity index (χ3v) is 8.84. The summed E-state index contributed by atoms with van der Waals surface area (Å²) in [6, 6.07) is 0. The smallest absolute Gasteiger partial charge is 0.303 e. The van der Waals surface area contributed by atoms with Crippen molar-refractivity contribution in [2.24, 2.45) is 28.6 Å². The summed E-state index contributed by atoms with van der Waals surface area (Å²) >= 11 is 6.72. The molecule has 29 heavy (non-hydrogen) atoms. The van der Waals surface area contributed by atoms with Gasteiger partial charge < -0.3 is 4.74 Å². The molecular formula is C24H29ClO4. The lowest BCUT2D eigenvalue weighted by Gasteiger charge is -2.57. The molecule has 0 N–H and O–H groups in total. The summed E-state index contributed by atoms with van der Waals surface area (Å²) < 4.78 is 5.80. The fraction of sp³-hybridized carbons (Fsp3) is 0.625. The molecule has 4 aliphatic carbocycles. The van der Waals surface area contributed by atoms with E-state index in [4.69, 9.17) is 16.3 Å². The average molecular weight is 417 g/mol. The van der Waals surface area contributed by atoms with Gasteiger partial charge in [-0.25, -0.2) is 0 Å². The number of hydrogen-bond acceptors (Lipinski definition) is 4. The Labute approximate surface area is 177 Å². The van der Waals surface area contributed by atoms with E-state index in [-0.39, 0.29) is 28.8 Å². The Kier molecular flexibility index (Phi) is 4.55. The van der Waals surface area contributed by atoms with Crippen LogP contribution in [0.1, 0.15) is 59.8 Å². The highest BCUT2D eigenvalue weighted by Gasteiger charge is 2.69. The Hall–Kier alpha value is -1.68. The predicted octanol–water partition coefficient (Wildman–Crippen LogP) is 4.92. The number of rotatable bonds is 2. The molecule has 4 rings (SSSR count). The van der Waals surface area contributed by atoms with Gasteiger partial charge in [0.05, 0.1) is 0 Å². The first kappa shape index (κ1) is 20.6. The summed E-state index contributed by atoms with van der Waals surface area (Å²) in [7, 11) is 0. The first-order chi connectivity index (χ1) is 13.5. The van der Waals surface area contributed by atoms with E-state index in [2.05, 4.69) is 26.5 Å². The molecule has 0 aromatic carbocycles. The van der Waals surface area contributed by atoms with E-state index in [0.717, 1.165) is 24.8 Å². The standard InChI is InChI=1S/C24H29ClO4/c1-13-10-19-17-12-21(25)20-11-16(28)6-8-22(20,4)18(17)7-9-23(19,5)24(13,14(2)26)29-15(3)27/h11-12,17-19H,1,6-10H2,2-5H3/t17-,18+,19+,22-,23+,24+/m0/s1. The van der Waals surface area contributed by atoms with E-state index in [9.17, 15) is 14.4 Å². The van der Waals surface area contributed by atoms with Crippen molar-refractivity contribution in [3.05, 3.63) is 34.9 Å². The second-order valence-electron chi connectivity index (χ2n) is 9.84. The molecule has 2 saturated carbocycles. The second-order valence-corrected chi connectivity index (χ2v) is 10.2. The highest BCUT2D eigenvalue weighted by atomic mass is 35.5. The van der Waals surface area contributed by atoms with Crippen molar-refractivity contribution in [3.63, 3.8) is 0 Å².